The molecule has 3 N–H and O–H groups in total. The van der Waals surface area contributed by atoms with Gasteiger partial charge in [0.05, 0.1) is 6.04 Å². The monoisotopic (exact) mass is 320 g/mol. The second kappa shape index (κ2) is 7.69. The van der Waals surface area contributed by atoms with E-state index in [4.69, 9.17) is 10.5 Å². The smallest absolute Gasteiger partial charge is 0.234 e. The summed E-state index contributed by atoms with van der Waals surface area (Å²) in [6.45, 7) is 2.02. The number of nitrogens with one attached hydrogen (secondary N) is 1. The third-order valence-corrected chi connectivity index (χ3v) is 3.32. The lowest BCUT2D eigenvalue weighted by Crippen LogP contribution is -2.38. The van der Waals surface area contributed by atoms with E-state index in [-0.39, 0.29) is 18.2 Å². The average molecular weight is 320 g/mol. The molecule has 1 amide bonds. The zero-order valence-electron chi connectivity index (χ0n) is 12.7. The number of benzene rings is 2. The number of hydrogen-bond acceptors (Lipinski definition) is 3. The molecular weight excluding hydrogens is 302 g/mol. The van der Waals surface area contributed by atoms with Crippen LogP contribution >= 0.6 is 0 Å². The number of amides is 1. The molecule has 1 atom stereocenters. The van der Waals surface area contributed by atoms with Crippen molar-refractivity contribution < 1.29 is 18.3 Å². The van der Waals surface area contributed by atoms with E-state index in [0.717, 1.165) is 0 Å². The number of rotatable bonds is 7. The molecule has 0 bridgehead atoms. The highest BCUT2D eigenvalue weighted by Gasteiger charge is 2.09. The lowest BCUT2D eigenvalue weighted by molar-refractivity contribution is -0.119. The van der Waals surface area contributed by atoms with E-state index in [1.54, 1.807) is 25.1 Å². The van der Waals surface area contributed by atoms with E-state index in [1.165, 1.54) is 24.3 Å². The summed E-state index contributed by atoms with van der Waals surface area (Å²) in [5.74, 6) is -1.27. The Hall–Kier alpha value is -2.47. The van der Waals surface area contributed by atoms with Crippen LogP contribution in [-0.4, -0.2) is 11.9 Å². The maximum absolute atomic E-state index is 14.0. The van der Waals surface area contributed by atoms with E-state index >= 15 is 0 Å². The predicted molar refractivity (Wildman–Crippen MR) is 82.6 cm³/mol. The molecule has 122 valence electrons. The van der Waals surface area contributed by atoms with Gasteiger partial charge >= 0.3 is 0 Å². The number of nitrogens with two attached hydrogens (primary N) is 1. The van der Waals surface area contributed by atoms with Crippen LogP contribution in [0.3, 0.4) is 0 Å². The molecule has 0 fully saturated rings. The third kappa shape index (κ3) is 5.03. The van der Waals surface area contributed by atoms with Crippen LogP contribution in [-0.2, 0) is 17.9 Å². The highest BCUT2D eigenvalue weighted by molar-refractivity contribution is 5.79. The van der Waals surface area contributed by atoms with Crippen molar-refractivity contribution in [2.45, 2.75) is 26.1 Å². The first-order chi connectivity index (χ1) is 11.0. The van der Waals surface area contributed by atoms with Crippen LogP contribution in [0, 0.1) is 11.6 Å². The van der Waals surface area contributed by atoms with Gasteiger partial charge in [-0.2, -0.15) is 0 Å². The van der Waals surface area contributed by atoms with Crippen molar-refractivity contribution in [2.24, 2.45) is 5.73 Å². The first-order valence-electron chi connectivity index (χ1n) is 7.14. The number of carbonyl (C=O) groups excluding carboxylic acids is 1. The van der Waals surface area contributed by atoms with Crippen LogP contribution in [0.4, 0.5) is 8.78 Å². The second-order valence-corrected chi connectivity index (χ2v) is 5.19. The Kier molecular flexibility index (Phi) is 5.65. The summed E-state index contributed by atoms with van der Waals surface area (Å²) in [4.78, 5) is 10.9. The fourth-order valence-electron chi connectivity index (χ4n) is 1.93. The van der Waals surface area contributed by atoms with E-state index in [9.17, 15) is 13.6 Å². The summed E-state index contributed by atoms with van der Waals surface area (Å²) < 4.78 is 32.4. The Bertz CT molecular complexity index is 692. The van der Waals surface area contributed by atoms with Gasteiger partial charge in [-0.3, -0.25) is 4.79 Å². The Morgan fingerprint density at radius 1 is 1.22 bits per heavy atom. The maximum Gasteiger partial charge on any atom is 0.234 e. The SMILES string of the molecule is CC(NCc1ccc(OCc2cccc(F)c2)c(F)c1)C(N)=O. The van der Waals surface area contributed by atoms with Crippen LogP contribution in [0.2, 0.25) is 0 Å². The number of primary amides is 1. The van der Waals surface area contributed by atoms with Crippen molar-refractivity contribution in [2.75, 3.05) is 0 Å². The second-order valence-electron chi connectivity index (χ2n) is 5.19. The summed E-state index contributed by atoms with van der Waals surface area (Å²) in [6, 6.07) is 9.94. The molecule has 6 heteroatoms. The molecule has 0 heterocycles. The van der Waals surface area contributed by atoms with Crippen molar-refractivity contribution in [1.29, 1.82) is 0 Å². The van der Waals surface area contributed by atoms with E-state index < -0.39 is 17.8 Å². The van der Waals surface area contributed by atoms with Gasteiger partial charge in [-0.1, -0.05) is 18.2 Å². The lowest BCUT2D eigenvalue weighted by atomic mass is 10.2. The molecule has 2 aromatic rings. The molecule has 0 saturated heterocycles. The molecule has 0 radical (unpaired) electrons. The molecule has 2 rings (SSSR count). The van der Waals surface area contributed by atoms with Crippen LogP contribution in [0.1, 0.15) is 18.1 Å². The normalized spacial score (nSPS) is 12.0. The zero-order valence-corrected chi connectivity index (χ0v) is 12.7. The quantitative estimate of drug-likeness (QED) is 0.824. The molecular formula is C17H18F2N2O2. The summed E-state index contributed by atoms with van der Waals surface area (Å²) in [7, 11) is 0. The lowest BCUT2D eigenvalue weighted by Gasteiger charge is -2.12. The largest absolute Gasteiger partial charge is 0.486 e. The van der Waals surface area contributed by atoms with Crippen LogP contribution in [0.15, 0.2) is 42.5 Å². The minimum Gasteiger partial charge on any atom is -0.486 e. The van der Waals surface area contributed by atoms with Gasteiger partial charge in [-0.15, -0.1) is 0 Å². The molecule has 23 heavy (non-hydrogen) atoms. The summed E-state index contributed by atoms with van der Waals surface area (Å²) in [5.41, 5.74) is 6.41. The van der Waals surface area contributed by atoms with E-state index in [2.05, 4.69) is 5.32 Å². The molecule has 0 spiro atoms. The standard InChI is InChI=1S/C17H18F2N2O2/c1-11(17(20)22)21-9-12-5-6-16(15(19)8-12)23-10-13-3-2-4-14(18)7-13/h2-8,11,21H,9-10H2,1H3,(H2,20,22). The fraction of sp³-hybridized carbons (Fsp3) is 0.235. The third-order valence-electron chi connectivity index (χ3n) is 3.32. The zero-order chi connectivity index (χ0) is 16.8. The van der Waals surface area contributed by atoms with E-state index in [0.29, 0.717) is 17.7 Å². The highest BCUT2D eigenvalue weighted by Crippen LogP contribution is 2.20. The average Bonchev–Trinajstić information content (AvgIpc) is 2.51. The van der Waals surface area contributed by atoms with Crippen molar-refractivity contribution >= 4 is 5.91 Å². The molecule has 4 nitrogen and oxygen atoms in total. The summed E-state index contributed by atoms with van der Waals surface area (Å²) in [6.07, 6.45) is 0. The number of carbonyl (C=O) groups is 1. The molecule has 1 unspecified atom stereocenters. The molecule has 0 aliphatic carbocycles. The van der Waals surface area contributed by atoms with Gasteiger partial charge in [0.25, 0.3) is 0 Å². The summed E-state index contributed by atoms with van der Waals surface area (Å²) >= 11 is 0. The van der Waals surface area contributed by atoms with Gasteiger partial charge < -0.3 is 15.8 Å². The van der Waals surface area contributed by atoms with Crippen LogP contribution in [0.5, 0.6) is 5.75 Å². The summed E-state index contributed by atoms with van der Waals surface area (Å²) in [5, 5.41) is 2.89. The first-order valence-corrected chi connectivity index (χ1v) is 7.14. The first kappa shape index (κ1) is 16.9. The van der Waals surface area contributed by atoms with Crippen molar-refractivity contribution in [3.63, 3.8) is 0 Å². The van der Waals surface area contributed by atoms with Crippen molar-refractivity contribution in [3.8, 4) is 5.75 Å². The van der Waals surface area contributed by atoms with Gasteiger partial charge in [-0.25, -0.2) is 8.78 Å². The molecule has 0 aromatic heterocycles. The van der Waals surface area contributed by atoms with Gasteiger partial charge in [0.2, 0.25) is 5.91 Å². The van der Waals surface area contributed by atoms with Crippen LogP contribution < -0.4 is 15.8 Å². The van der Waals surface area contributed by atoms with Gasteiger partial charge in [0, 0.05) is 6.54 Å². The molecule has 2 aromatic carbocycles. The Morgan fingerprint density at radius 2 is 2.00 bits per heavy atom. The molecule has 0 aliphatic rings. The minimum atomic E-state index is -0.521. The fourth-order valence-corrected chi connectivity index (χ4v) is 1.93. The maximum atomic E-state index is 14.0. The van der Waals surface area contributed by atoms with Crippen LogP contribution in [0.25, 0.3) is 0 Å². The Labute approximate surface area is 133 Å². The van der Waals surface area contributed by atoms with Gasteiger partial charge in [0.1, 0.15) is 12.4 Å². The number of hydrogen-bond donors (Lipinski definition) is 2. The van der Waals surface area contributed by atoms with Gasteiger partial charge in [0.15, 0.2) is 11.6 Å². The van der Waals surface area contributed by atoms with E-state index in [1.807, 2.05) is 0 Å². The highest BCUT2D eigenvalue weighted by atomic mass is 19.1. The predicted octanol–water partition coefficient (Wildman–Crippen LogP) is 2.51. The van der Waals surface area contributed by atoms with Gasteiger partial charge in [-0.05, 0) is 42.3 Å². The topological polar surface area (TPSA) is 64.3 Å². The number of halogens is 2. The minimum absolute atomic E-state index is 0.0744. The number of ether oxygens (including phenoxy) is 1. The Morgan fingerprint density at radius 3 is 2.65 bits per heavy atom. The van der Waals surface area contributed by atoms with Crippen molar-refractivity contribution in [3.05, 3.63) is 65.2 Å². The van der Waals surface area contributed by atoms with Crippen molar-refractivity contribution in [1.82, 2.24) is 5.32 Å². The molecule has 0 saturated carbocycles. The Balaban J connectivity index is 1.95. The molecule has 0 aliphatic heterocycles.